The van der Waals surface area contributed by atoms with Crippen molar-refractivity contribution in [3.8, 4) is 0 Å². The molecule has 0 heterocycles. The molecule has 2 amide bonds. The molecule has 6 nitrogen and oxygen atoms in total. The molecule has 0 rings (SSSR count). The van der Waals surface area contributed by atoms with Gasteiger partial charge in [0.2, 0.25) is 11.8 Å². The molecule has 0 saturated heterocycles. The number of hydrogen-bond donors (Lipinski definition) is 3. The Morgan fingerprint density at radius 1 is 1.50 bits per heavy atom. The maximum Gasteiger partial charge on any atom is 0.326 e. The summed E-state index contributed by atoms with van der Waals surface area (Å²) in [6.07, 6.45) is -0.416. The number of aliphatic carboxylic acids is 1. The van der Waals surface area contributed by atoms with Crippen LogP contribution in [0.5, 0.6) is 0 Å². The van der Waals surface area contributed by atoms with Gasteiger partial charge in [0.15, 0.2) is 0 Å². The lowest BCUT2D eigenvalue weighted by Gasteiger charge is -2.13. The van der Waals surface area contributed by atoms with Gasteiger partial charge in [-0.15, -0.1) is 0 Å². The third kappa shape index (κ3) is 4.80. The molecule has 0 aromatic carbocycles. The molecule has 0 fully saturated rings. The first-order chi connectivity index (χ1) is 6.34. The first kappa shape index (κ1) is 12.9. The molecule has 0 radical (unpaired) electrons. The second-order valence-electron chi connectivity index (χ2n) is 2.69. The molecule has 0 spiro atoms. The first-order valence-corrected chi connectivity index (χ1v) is 4.71. The van der Waals surface area contributed by atoms with Gasteiger partial charge in [0.25, 0.3) is 0 Å². The Bertz CT molecular complexity index is 254. The lowest BCUT2D eigenvalue weighted by atomic mass is 10.2. The lowest BCUT2D eigenvalue weighted by molar-refractivity contribution is -0.143. The van der Waals surface area contributed by atoms with E-state index in [-0.39, 0.29) is 0 Å². The van der Waals surface area contributed by atoms with E-state index in [0.717, 1.165) is 0 Å². The van der Waals surface area contributed by atoms with Crippen molar-refractivity contribution in [2.24, 2.45) is 5.73 Å². The Hall–Kier alpha value is -1.11. The van der Waals surface area contributed by atoms with Crippen LogP contribution in [0, 0.1) is 0 Å². The largest absolute Gasteiger partial charge is 0.480 e. The molecule has 0 bridgehead atoms. The molecular formula is C7H11BrN2O4. The Balaban J connectivity index is 4.31. The summed E-state index contributed by atoms with van der Waals surface area (Å²) in [6.45, 7) is 1.54. The van der Waals surface area contributed by atoms with Crippen LogP contribution in [0.3, 0.4) is 0 Å². The number of amides is 2. The zero-order valence-electron chi connectivity index (χ0n) is 7.49. The number of nitrogens with one attached hydrogen (secondary N) is 1. The Morgan fingerprint density at radius 3 is 2.29 bits per heavy atom. The quantitative estimate of drug-likeness (QED) is 0.567. The number of nitrogens with two attached hydrogens (primary N) is 1. The maximum absolute atomic E-state index is 11.1. The van der Waals surface area contributed by atoms with Crippen LogP contribution < -0.4 is 11.1 Å². The number of primary amides is 1. The van der Waals surface area contributed by atoms with Crippen LogP contribution in [0.1, 0.15) is 13.3 Å². The number of carboxylic acids is 1. The van der Waals surface area contributed by atoms with Gasteiger partial charge < -0.3 is 16.2 Å². The van der Waals surface area contributed by atoms with Gasteiger partial charge in [0.05, 0.1) is 11.2 Å². The van der Waals surface area contributed by atoms with Crippen molar-refractivity contribution in [2.75, 3.05) is 0 Å². The summed E-state index contributed by atoms with van der Waals surface area (Å²) < 4.78 is 0. The average molecular weight is 267 g/mol. The Morgan fingerprint density at radius 2 is 2.00 bits per heavy atom. The van der Waals surface area contributed by atoms with Gasteiger partial charge in [-0.3, -0.25) is 9.59 Å². The van der Waals surface area contributed by atoms with Gasteiger partial charge in [-0.25, -0.2) is 4.79 Å². The smallest absolute Gasteiger partial charge is 0.326 e. The SMILES string of the molecule is C[C@@H](Br)C(=O)N[C@H](CC(N)=O)C(=O)O. The molecule has 80 valence electrons. The van der Waals surface area contributed by atoms with Crippen LogP contribution in [0.4, 0.5) is 0 Å². The fourth-order valence-electron chi connectivity index (χ4n) is 0.688. The van der Waals surface area contributed by atoms with E-state index in [2.05, 4.69) is 21.2 Å². The summed E-state index contributed by atoms with van der Waals surface area (Å²) in [7, 11) is 0. The van der Waals surface area contributed by atoms with Crippen molar-refractivity contribution in [1.82, 2.24) is 5.32 Å². The number of halogens is 1. The number of carbonyl (C=O) groups excluding carboxylic acids is 2. The summed E-state index contributed by atoms with van der Waals surface area (Å²) >= 11 is 2.96. The van der Waals surface area contributed by atoms with Gasteiger partial charge in [0, 0.05) is 0 Å². The standard InChI is InChI=1S/C7H11BrN2O4/c1-3(8)6(12)10-4(7(13)14)2-5(9)11/h3-4H,2H2,1H3,(H2,9,11)(H,10,12)(H,13,14)/t3-,4-/m1/s1. The highest BCUT2D eigenvalue weighted by atomic mass is 79.9. The predicted molar refractivity (Wildman–Crippen MR) is 51.8 cm³/mol. The highest BCUT2D eigenvalue weighted by Crippen LogP contribution is 1.99. The summed E-state index contributed by atoms with van der Waals surface area (Å²) in [5.41, 5.74) is 4.82. The van der Waals surface area contributed by atoms with Crippen molar-refractivity contribution >= 4 is 33.7 Å². The van der Waals surface area contributed by atoms with Crippen molar-refractivity contribution in [3.05, 3.63) is 0 Å². The van der Waals surface area contributed by atoms with Crippen LogP contribution in [0.15, 0.2) is 0 Å². The molecule has 4 N–H and O–H groups in total. The van der Waals surface area contributed by atoms with Gasteiger partial charge in [-0.1, -0.05) is 15.9 Å². The van der Waals surface area contributed by atoms with Crippen LogP contribution in [-0.4, -0.2) is 33.8 Å². The van der Waals surface area contributed by atoms with Crippen LogP contribution >= 0.6 is 15.9 Å². The van der Waals surface area contributed by atoms with Gasteiger partial charge in [-0.05, 0) is 6.92 Å². The molecule has 0 aromatic heterocycles. The van der Waals surface area contributed by atoms with E-state index in [1.807, 2.05) is 0 Å². The highest BCUT2D eigenvalue weighted by Gasteiger charge is 2.23. The van der Waals surface area contributed by atoms with Crippen LogP contribution in [0.25, 0.3) is 0 Å². The Kier molecular flexibility index (Phi) is 5.14. The van der Waals surface area contributed by atoms with E-state index in [1.165, 1.54) is 0 Å². The molecule has 2 atom stereocenters. The fourth-order valence-corrected chi connectivity index (χ4v) is 0.820. The number of carbonyl (C=O) groups is 3. The summed E-state index contributed by atoms with van der Waals surface area (Å²) in [5, 5.41) is 10.8. The first-order valence-electron chi connectivity index (χ1n) is 3.80. The van der Waals surface area contributed by atoms with E-state index >= 15 is 0 Å². The molecule has 0 aliphatic heterocycles. The minimum absolute atomic E-state index is 0.416. The summed E-state index contributed by atoms with van der Waals surface area (Å²) in [4.78, 5) is 31.6. The zero-order valence-corrected chi connectivity index (χ0v) is 9.08. The third-order valence-electron chi connectivity index (χ3n) is 1.38. The second kappa shape index (κ2) is 5.58. The molecule has 0 aromatic rings. The van der Waals surface area contributed by atoms with Crippen LogP contribution in [-0.2, 0) is 14.4 Å². The number of rotatable bonds is 5. The molecule has 14 heavy (non-hydrogen) atoms. The minimum atomic E-state index is -1.29. The van der Waals surface area contributed by atoms with E-state index in [4.69, 9.17) is 10.8 Å². The number of hydrogen-bond acceptors (Lipinski definition) is 3. The monoisotopic (exact) mass is 266 g/mol. The van der Waals surface area contributed by atoms with E-state index < -0.39 is 35.1 Å². The lowest BCUT2D eigenvalue weighted by Crippen LogP contribution is -2.45. The predicted octanol–water partition coefficient (Wildman–Crippen LogP) is -0.785. The van der Waals surface area contributed by atoms with Gasteiger partial charge in [0.1, 0.15) is 6.04 Å². The molecule has 0 aliphatic rings. The molecular weight excluding hydrogens is 256 g/mol. The van der Waals surface area contributed by atoms with Crippen molar-refractivity contribution in [3.63, 3.8) is 0 Å². The number of alkyl halides is 1. The van der Waals surface area contributed by atoms with Crippen molar-refractivity contribution in [2.45, 2.75) is 24.2 Å². The highest BCUT2D eigenvalue weighted by molar-refractivity contribution is 9.10. The van der Waals surface area contributed by atoms with E-state index in [9.17, 15) is 14.4 Å². The molecule has 0 aliphatic carbocycles. The third-order valence-corrected chi connectivity index (χ3v) is 1.80. The second-order valence-corrected chi connectivity index (χ2v) is 4.06. The Labute approximate surface area is 89.0 Å². The summed E-state index contributed by atoms with van der Waals surface area (Å²) in [6, 6.07) is -1.26. The number of carboxylic acid groups (broad SMARTS) is 1. The van der Waals surface area contributed by atoms with Crippen molar-refractivity contribution < 1.29 is 19.5 Å². The van der Waals surface area contributed by atoms with Crippen LogP contribution in [0.2, 0.25) is 0 Å². The van der Waals surface area contributed by atoms with E-state index in [0.29, 0.717) is 0 Å². The molecule has 0 unspecified atom stereocenters. The van der Waals surface area contributed by atoms with Crippen molar-refractivity contribution in [1.29, 1.82) is 0 Å². The fraction of sp³-hybridized carbons (Fsp3) is 0.571. The molecule has 7 heteroatoms. The average Bonchev–Trinajstić information content (AvgIpc) is 2.01. The normalized spacial score (nSPS) is 14.1. The van der Waals surface area contributed by atoms with Gasteiger partial charge in [-0.2, -0.15) is 0 Å². The molecule has 0 saturated carbocycles. The minimum Gasteiger partial charge on any atom is -0.480 e. The topological polar surface area (TPSA) is 109 Å². The maximum atomic E-state index is 11.1. The zero-order chi connectivity index (χ0) is 11.3. The summed E-state index contributed by atoms with van der Waals surface area (Å²) in [5.74, 6) is -2.57. The van der Waals surface area contributed by atoms with Gasteiger partial charge >= 0.3 is 5.97 Å². The van der Waals surface area contributed by atoms with E-state index in [1.54, 1.807) is 6.92 Å².